The summed E-state index contributed by atoms with van der Waals surface area (Å²) in [5, 5.41) is 3.62. The lowest BCUT2D eigenvalue weighted by atomic mass is 9.96. The Morgan fingerprint density at radius 2 is 2.46 bits per heavy atom. The number of thiophene rings is 1. The van der Waals surface area contributed by atoms with Crippen molar-refractivity contribution in [2.75, 3.05) is 0 Å². The fourth-order valence-corrected chi connectivity index (χ4v) is 2.89. The molecule has 0 aromatic carbocycles. The van der Waals surface area contributed by atoms with Crippen LogP contribution in [-0.4, -0.2) is 6.21 Å². The topological polar surface area (TPSA) is 21.6 Å². The molecule has 1 aliphatic rings. The van der Waals surface area contributed by atoms with Gasteiger partial charge in [0.25, 0.3) is 0 Å². The van der Waals surface area contributed by atoms with Crippen LogP contribution in [-0.2, 0) is 10.4 Å². The van der Waals surface area contributed by atoms with Crippen molar-refractivity contribution < 1.29 is 4.84 Å². The smallest absolute Gasteiger partial charge is 0.167 e. The second kappa shape index (κ2) is 3.15. The van der Waals surface area contributed by atoms with E-state index in [1.54, 1.807) is 0 Å². The maximum atomic E-state index is 6.00. The Kier molecular flexibility index (Phi) is 2.26. The number of hydrogen-bond donors (Lipinski definition) is 0. The molecular weight excluding hydrogens is 229 g/mol. The van der Waals surface area contributed by atoms with Crippen LogP contribution in [0.1, 0.15) is 18.9 Å². The second-order valence-corrected chi connectivity index (χ2v) is 5.27. The Morgan fingerprint density at radius 1 is 1.69 bits per heavy atom. The summed E-state index contributed by atoms with van der Waals surface area (Å²) in [6.07, 6.45) is 3.36. The minimum atomic E-state index is -0.485. The first kappa shape index (κ1) is 9.31. The van der Waals surface area contributed by atoms with Crippen molar-refractivity contribution in [3.05, 3.63) is 20.3 Å². The van der Waals surface area contributed by atoms with E-state index in [4.69, 9.17) is 28.0 Å². The monoisotopic (exact) mass is 234 g/mol. The summed E-state index contributed by atoms with van der Waals surface area (Å²) in [6.45, 7) is 1.92. The van der Waals surface area contributed by atoms with Gasteiger partial charge >= 0.3 is 0 Å². The molecule has 0 bridgehead atoms. The zero-order valence-electron chi connectivity index (χ0n) is 6.80. The van der Waals surface area contributed by atoms with Crippen molar-refractivity contribution >= 4 is 40.8 Å². The van der Waals surface area contributed by atoms with E-state index >= 15 is 0 Å². The average molecular weight is 235 g/mol. The highest BCUT2D eigenvalue weighted by Crippen LogP contribution is 2.42. The molecule has 0 amide bonds. The lowest BCUT2D eigenvalue weighted by Crippen LogP contribution is -2.19. The molecule has 1 aliphatic heterocycles. The van der Waals surface area contributed by atoms with Crippen molar-refractivity contribution in [3.8, 4) is 0 Å². The fourth-order valence-electron chi connectivity index (χ4n) is 1.19. The van der Waals surface area contributed by atoms with Crippen LogP contribution in [0.5, 0.6) is 0 Å². The molecule has 0 fully saturated rings. The Balaban J connectivity index is 2.39. The average Bonchev–Trinajstić information content (AvgIpc) is 2.59. The van der Waals surface area contributed by atoms with Crippen LogP contribution in [0.3, 0.4) is 0 Å². The molecule has 0 saturated carbocycles. The highest BCUT2D eigenvalue weighted by molar-refractivity contribution is 7.20. The number of rotatable bonds is 1. The van der Waals surface area contributed by atoms with Gasteiger partial charge in [0.15, 0.2) is 5.60 Å². The van der Waals surface area contributed by atoms with Crippen molar-refractivity contribution in [1.29, 1.82) is 0 Å². The largest absolute Gasteiger partial charge is 0.384 e. The SMILES string of the molecule is CC1(c2cc(Cl)sc2Cl)C[C]=NO1. The molecule has 5 heteroatoms. The van der Waals surface area contributed by atoms with Gasteiger partial charge in [-0.3, -0.25) is 0 Å². The molecule has 1 radical (unpaired) electrons. The summed E-state index contributed by atoms with van der Waals surface area (Å²) in [7, 11) is 0. The number of halogens is 2. The van der Waals surface area contributed by atoms with E-state index < -0.39 is 5.60 Å². The van der Waals surface area contributed by atoms with Crippen LogP contribution in [0.15, 0.2) is 11.2 Å². The Bertz CT molecular complexity index is 353. The molecule has 1 atom stereocenters. The van der Waals surface area contributed by atoms with Gasteiger partial charge in [-0.15, -0.1) is 11.3 Å². The quantitative estimate of drug-likeness (QED) is 0.729. The van der Waals surface area contributed by atoms with Gasteiger partial charge in [0.2, 0.25) is 0 Å². The molecule has 2 heterocycles. The highest BCUT2D eigenvalue weighted by atomic mass is 35.5. The molecule has 2 rings (SSSR count). The first-order valence-corrected chi connectivity index (χ1v) is 5.25. The Morgan fingerprint density at radius 3 is 2.92 bits per heavy atom. The van der Waals surface area contributed by atoms with Crippen molar-refractivity contribution in [2.24, 2.45) is 5.16 Å². The van der Waals surface area contributed by atoms with Crippen LogP contribution in [0.4, 0.5) is 0 Å². The fraction of sp³-hybridized carbons (Fsp3) is 0.375. The third kappa shape index (κ3) is 1.56. The van der Waals surface area contributed by atoms with Crippen LogP contribution >= 0.6 is 34.5 Å². The van der Waals surface area contributed by atoms with Gasteiger partial charge in [-0.25, -0.2) is 0 Å². The summed E-state index contributed by atoms with van der Waals surface area (Å²) >= 11 is 13.2. The van der Waals surface area contributed by atoms with Crippen molar-refractivity contribution in [1.82, 2.24) is 0 Å². The molecule has 2 nitrogen and oxygen atoms in total. The van der Waals surface area contributed by atoms with E-state index in [0.29, 0.717) is 15.1 Å². The molecule has 0 aliphatic carbocycles. The molecule has 1 aromatic rings. The molecule has 0 spiro atoms. The van der Waals surface area contributed by atoms with Gasteiger partial charge in [0.05, 0.1) is 4.34 Å². The van der Waals surface area contributed by atoms with Gasteiger partial charge in [-0.1, -0.05) is 28.4 Å². The molecule has 13 heavy (non-hydrogen) atoms. The maximum Gasteiger partial charge on any atom is 0.167 e. The molecule has 0 saturated heterocycles. The van der Waals surface area contributed by atoms with E-state index in [-0.39, 0.29) is 0 Å². The Hall–Kier alpha value is -0.250. The summed E-state index contributed by atoms with van der Waals surface area (Å²) in [6, 6.07) is 1.82. The van der Waals surface area contributed by atoms with Gasteiger partial charge in [-0.2, -0.15) is 0 Å². The van der Waals surface area contributed by atoms with E-state index in [2.05, 4.69) is 11.4 Å². The Labute approximate surface area is 90.1 Å². The molecule has 0 N–H and O–H groups in total. The van der Waals surface area contributed by atoms with Gasteiger partial charge in [0.1, 0.15) is 10.6 Å². The molecular formula is C8H6Cl2NOS. The van der Waals surface area contributed by atoms with Crippen molar-refractivity contribution in [3.63, 3.8) is 0 Å². The standard InChI is InChI=1S/C8H6Cl2NOS/c1-8(2-3-11-12-8)5-4-6(9)13-7(5)10/h4H,2H2,1H3. The van der Waals surface area contributed by atoms with Crippen LogP contribution in [0, 0.1) is 0 Å². The van der Waals surface area contributed by atoms with Crippen molar-refractivity contribution in [2.45, 2.75) is 18.9 Å². The van der Waals surface area contributed by atoms with E-state index in [1.165, 1.54) is 11.3 Å². The van der Waals surface area contributed by atoms with Gasteiger partial charge in [-0.05, 0) is 13.0 Å². The summed E-state index contributed by atoms with van der Waals surface area (Å²) in [5.74, 6) is 0. The maximum absolute atomic E-state index is 6.00. The summed E-state index contributed by atoms with van der Waals surface area (Å²) < 4.78 is 1.32. The van der Waals surface area contributed by atoms with Gasteiger partial charge < -0.3 is 4.84 Å². The molecule has 1 aromatic heterocycles. The highest BCUT2D eigenvalue weighted by Gasteiger charge is 2.35. The van der Waals surface area contributed by atoms with Crippen LogP contribution in [0.2, 0.25) is 8.67 Å². The van der Waals surface area contributed by atoms with E-state index in [1.807, 2.05) is 13.0 Å². The predicted molar refractivity (Wildman–Crippen MR) is 54.8 cm³/mol. The predicted octanol–water partition coefficient (Wildman–Crippen LogP) is 3.55. The van der Waals surface area contributed by atoms with Crippen LogP contribution < -0.4 is 0 Å². The lowest BCUT2D eigenvalue weighted by Gasteiger charge is -2.19. The second-order valence-electron chi connectivity index (χ2n) is 2.99. The zero-order valence-corrected chi connectivity index (χ0v) is 9.13. The molecule has 1 unspecified atom stereocenters. The lowest BCUT2D eigenvalue weighted by molar-refractivity contribution is -0.00697. The van der Waals surface area contributed by atoms with Crippen LogP contribution in [0.25, 0.3) is 0 Å². The minimum absolute atomic E-state index is 0.485. The number of nitrogens with zero attached hydrogens (tertiary/aromatic N) is 1. The summed E-state index contributed by atoms with van der Waals surface area (Å²) in [5.41, 5.74) is 0.402. The summed E-state index contributed by atoms with van der Waals surface area (Å²) in [4.78, 5) is 5.20. The van der Waals surface area contributed by atoms with E-state index in [0.717, 1.165) is 5.56 Å². The van der Waals surface area contributed by atoms with Gasteiger partial charge in [0, 0.05) is 12.0 Å². The van der Waals surface area contributed by atoms with E-state index in [9.17, 15) is 0 Å². The minimum Gasteiger partial charge on any atom is -0.384 e. The zero-order chi connectivity index (χ0) is 9.47. The normalized spacial score (nSPS) is 26.4. The third-order valence-corrected chi connectivity index (χ3v) is 3.44. The number of hydrogen-bond acceptors (Lipinski definition) is 3. The third-order valence-electron chi connectivity index (χ3n) is 1.95. The first-order valence-electron chi connectivity index (χ1n) is 3.68. The molecule has 69 valence electrons. The first-order chi connectivity index (χ1) is 6.12.